The zero-order valence-electron chi connectivity index (χ0n) is 16.7. The van der Waals surface area contributed by atoms with E-state index in [9.17, 15) is 0 Å². The minimum atomic E-state index is -0.923. The smallest absolute Gasteiger partial charge is 0.0440 e. The summed E-state index contributed by atoms with van der Waals surface area (Å²) < 4.78 is 0. The van der Waals surface area contributed by atoms with Crippen LogP contribution in [0.1, 0.15) is 98.8 Å². The van der Waals surface area contributed by atoms with Crippen molar-refractivity contribution in [2.45, 2.75) is 129 Å². The average Bonchev–Trinajstić information content (AvgIpc) is 2.55. The van der Waals surface area contributed by atoms with Crippen LogP contribution in [-0.2, 0) is 0 Å². The Kier molecular flexibility index (Phi) is 15.3. The first-order chi connectivity index (χ1) is 10.7. The Bertz CT molecular complexity index is 198. The molecule has 0 spiro atoms. The molecule has 134 valence electrons. The molecule has 0 nitrogen and oxygen atoms in total. The maximum atomic E-state index is 2.41. The van der Waals surface area contributed by atoms with Crippen LogP contribution in [0, 0.1) is 0 Å². The van der Waals surface area contributed by atoms with E-state index in [0.717, 1.165) is 0 Å². The molecule has 0 N–H and O–H groups in total. The Labute approximate surface area is 145 Å². The van der Waals surface area contributed by atoms with Crippen LogP contribution in [0.4, 0.5) is 0 Å². The lowest BCUT2D eigenvalue weighted by Gasteiger charge is -2.40. The van der Waals surface area contributed by atoms with Crippen molar-refractivity contribution in [3.63, 3.8) is 0 Å². The van der Waals surface area contributed by atoms with E-state index >= 15 is 0 Å². The van der Waals surface area contributed by atoms with E-state index < -0.39 is 15.9 Å². The summed E-state index contributed by atoms with van der Waals surface area (Å²) in [5.74, 6) is 0. The second-order valence-electron chi connectivity index (χ2n) is 7.65. The lowest BCUT2D eigenvalue weighted by molar-refractivity contribution is 0.796. The van der Waals surface area contributed by atoms with Gasteiger partial charge in [0.2, 0.25) is 0 Å². The molecular weight excluding hydrogens is 296 g/mol. The van der Waals surface area contributed by atoms with Crippen molar-refractivity contribution in [3.05, 3.63) is 0 Å². The molecule has 0 atom stereocenters. The van der Waals surface area contributed by atoms with Crippen LogP contribution in [0.5, 0.6) is 0 Å². The molecule has 0 aromatic carbocycles. The van der Waals surface area contributed by atoms with Gasteiger partial charge in [-0.2, -0.15) is 0 Å². The maximum Gasteiger partial charge on any atom is 0.0440 e. The van der Waals surface area contributed by atoms with Crippen LogP contribution < -0.4 is 0 Å². The van der Waals surface area contributed by atoms with E-state index in [1.807, 2.05) is 0 Å². The summed E-state index contributed by atoms with van der Waals surface area (Å²) in [7, 11) is -1.40. The van der Waals surface area contributed by atoms with Gasteiger partial charge < -0.3 is 0 Å². The molecule has 0 rings (SSSR count). The van der Waals surface area contributed by atoms with Gasteiger partial charge in [-0.25, -0.2) is 0 Å². The third kappa shape index (κ3) is 8.91. The highest BCUT2D eigenvalue weighted by atomic mass is 29.2. The normalized spacial score (nSPS) is 12.3. The SMILES string of the molecule is CCCC[SiH](CCCC)[Si](CCCC)(CCCC)CCCC. The highest BCUT2D eigenvalue weighted by molar-refractivity contribution is 7.33. The van der Waals surface area contributed by atoms with Crippen LogP contribution in [0.15, 0.2) is 0 Å². The van der Waals surface area contributed by atoms with Gasteiger partial charge in [-0.3, -0.25) is 0 Å². The average molecular weight is 343 g/mol. The lowest BCUT2D eigenvalue weighted by Crippen LogP contribution is -2.51. The predicted octanol–water partition coefficient (Wildman–Crippen LogP) is 7.74. The van der Waals surface area contributed by atoms with Crippen molar-refractivity contribution >= 4 is 15.9 Å². The van der Waals surface area contributed by atoms with E-state index in [4.69, 9.17) is 0 Å². The number of hydrogen-bond acceptors (Lipinski definition) is 0. The summed E-state index contributed by atoms with van der Waals surface area (Å²) in [6, 6.07) is 8.50. The molecule has 0 amide bonds. The van der Waals surface area contributed by atoms with Crippen molar-refractivity contribution in [3.8, 4) is 0 Å². The molecule has 0 aliphatic heterocycles. The first-order valence-corrected chi connectivity index (χ1v) is 16.8. The highest BCUT2D eigenvalue weighted by Gasteiger charge is 2.38. The van der Waals surface area contributed by atoms with Crippen LogP contribution in [0.25, 0.3) is 0 Å². The Morgan fingerprint density at radius 1 is 0.500 bits per heavy atom. The van der Waals surface area contributed by atoms with Crippen LogP contribution in [0.3, 0.4) is 0 Å². The molecule has 0 unspecified atom stereocenters. The van der Waals surface area contributed by atoms with E-state index in [2.05, 4.69) is 34.6 Å². The summed E-state index contributed by atoms with van der Waals surface area (Å²) in [4.78, 5) is 0. The van der Waals surface area contributed by atoms with Crippen molar-refractivity contribution in [2.75, 3.05) is 0 Å². The fraction of sp³-hybridized carbons (Fsp3) is 1.00. The third-order valence-corrected chi connectivity index (χ3v) is 23.3. The molecule has 2 heteroatoms. The van der Waals surface area contributed by atoms with Gasteiger partial charge in [-0.1, -0.05) is 129 Å². The molecule has 0 heterocycles. The number of hydrogen-bond donors (Lipinski definition) is 0. The van der Waals surface area contributed by atoms with Gasteiger partial charge in [-0.15, -0.1) is 0 Å². The van der Waals surface area contributed by atoms with Gasteiger partial charge in [0, 0.05) is 15.9 Å². The maximum absolute atomic E-state index is 2.41. The largest absolute Gasteiger partial charge is 0.0654 e. The quantitative estimate of drug-likeness (QED) is 0.252. The van der Waals surface area contributed by atoms with Crippen LogP contribution in [0.2, 0.25) is 30.2 Å². The van der Waals surface area contributed by atoms with Crippen LogP contribution in [-0.4, -0.2) is 15.9 Å². The molecule has 0 saturated heterocycles. The Morgan fingerprint density at radius 2 is 0.818 bits per heavy atom. The van der Waals surface area contributed by atoms with Crippen molar-refractivity contribution in [1.29, 1.82) is 0 Å². The fourth-order valence-corrected chi connectivity index (χ4v) is 23.1. The Morgan fingerprint density at radius 3 is 1.09 bits per heavy atom. The molecular formula is C20H46Si2. The molecule has 0 fully saturated rings. The summed E-state index contributed by atoms with van der Waals surface area (Å²) >= 11 is 0. The molecule has 0 aliphatic rings. The monoisotopic (exact) mass is 342 g/mol. The third-order valence-electron chi connectivity index (χ3n) is 5.76. The first-order valence-electron chi connectivity index (χ1n) is 10.7. The van der Waals surface area contributed by atoms with E-state index in [1.165, 1.54) is 32.1 Å². The van der Waals surface area contributed by atoms with Gasteiger partial charge in [-0.05, 0) is 0 Å². The molecule has 0 aromatic heterocycles. The molecule has 0 bridgehead atoms. The first kappa shape index (κ1) is 22.4. The number of rotatable bonds is 16. The molecule has 0 aromatic rings. The van der Waals surface area contributed by atoms with E-state index in [1.54, 1.807) is 62.3 Å². The fourth-order valence-electron chi connectivity index (χ4n) is 4.23. The Balaban J connectivity index is 5.13. The molecule has 0 radical (unpaired) electrons. The van der Waals surface area contributed by atoms with Gasteiger partial charge in [0.25, 0.3) is 0 Å². The van der Waals surface area contributed by atoms with Gasteiger partial charge in [0.1, 0.15) is 0 Å². The van der Waals surface area contributed by atoms with Crippen LogP contribution >= 0.6 is 0 Å². The number of unbranched alkanes of at least 4 members (excludes halogenated alkanes) is 5. The van der Waals surface area contributed by atoms with Crippen molar-refractivity contribution in [2.24, 2.45) is 0 Å². The highest BCUT2D eigenvalue weighted by Crippen LogP contribution is 2.35. The minimum absolute atomic E-state index is 0.476. The Hall–Kier alpha value is 0.434. The summed E-state index contributed by atoms with van der Waals surface area (Å²) in [5.41, 5.74) is 0. The van der Waals surface area contributed by atoms with Gasteiger partial charge in [0.05, 0.1) is 0 Å². The van der Waals surface area contributed by atoms with Gasteiger partial charge >= 0.3 is 0 Å². The standard InChI is InChI=1S/C20H46Si2/c1-6-11-16-21(17-12-7-2)22(18-13-8-3,19-14-9-4)20-15-10-5/h21H,6-20H2,1-5H3. The minimum Gasteiger partial charge on any atom is -0.0654 e. The van der Waals surface area contributed by atoms with E-state index in [0.29, 0.717) is 0 Å². The summed E-state index contributed by atoms with van der Waals surface area (Å²) in [6.07, 6.45) is 14.8. The second-order valence-corrected chi connectivity index (χ2v) is 20.6. The zero-order valence-corrected chi connectivity index (χ0v) is 18.8. The molecule has 0 aliphatic carbocycles. The topological polar surface area (TPSA) is 0 Å². The summed E-state index contributed by atoms with van der Waals surface area (Å²) in [5, 5.41) is 0. The lowest BCUT2D eigenvalue weighted by atomic mass is 10.4. The predicted molar refractivity (Wildman–Crippen MR) is 111 cm³/mol. The van der Waals surface area contributed by atoms with Crippen molar-refractivity contribution in [1.82, 2.24) is 0 Å². The molecule has 22 heavy (non-hydrogen) atoms. The van der Waals surface area contributed by atoms with Gasteiger partial charge in [0.15, 0.2) is 0 Å². The summed E-state index contributed by atoms with van der Waals surface area (Å²) in [6.45, 7) is 12.0. The van der Waals surface area contributed by atoms with E-state index in [-0.39, 0.29) is 0 Å². The molecule has 0 saturated carbocycles. The zero-order chi connectivity index (χ0) is 16.7. The van der Waals surface area contributed by atoms with Crippen molar-refractivity contribution < 1.29 is 0 Å². The second kappa shape index (κ2) is 15.0.